The summed E-state index contributed by atoms with van der Waals surface area (Å²) >= 11 is 10.4. The molecule has 0 saturated heterocycles. The van der Waals surface area contributed by atoms with Crippen molar-refractivity contribution in [3.05, 3.63) is 45.5 Å². The van der Waals surface area contributed by atoms with Gasteiger partial charge in [-0.05, 0) is 29.5 Å². The number of allylic oxidation sites excluding steroid dienone is 1. The summed E-state index contributed by atoms with van der Waals surface area (Å²) in [5.74, 6) is -0.538. The minimum atomic E-state index is -0.366. The average Bonchev–Trinajstić information content (AvgIpc) is 2.45. The molecule has 118 valence electrons. The maximum atomic E-state index is 12.8. The first-order valence-electron chi connectivity index (χ1n) is 7.51. The molecule has 1 aromatic carbocycles. The quantitative estimate of drug-likeness (QED) is 0.760. The van der Waals surface area contributed by atoms with Crippen LogP contribution in [-0.4, -0.2) is 11.5 Å². The maximum Gasteiger partial charge on any atom is 0.143 e. The number of nitriles is 1. The summed E-state index contributed by atoms with van der Waals surface area (Å²) < 4.78 is 0. The Bertz CT molecular complexity index is 771. The molecule has 1 aromatic rings. The number of halogens is 1. The van der Waals surface area contributed by atoms with Crippen LogP contribution in [0.15, 0.2) is 39.9 Å². The zero-order valence-electron chi connectivity index (χ0n) is 13.0. The lowest BCUT2D eigenvalue weighted by molar-refractivity contribution is -0.124. The van der Waals surface area contributed by atoms with Gasteiger partial charge < -0.3 is 0 Å². The standard InChI is InChI=1S/C18H17ClN2OS/c1-18(2)7-13-16(14(22)8-18)15(12(9-20)17(23)21-13)10-3-5-11(19)6-4-10/h3-6,15-16,23H,7-8H2,1-2H3/t15-,16?/m0/s1. The van der Waals surface area contributed by atoms with E-state index in [-0.39, 0.29) is 23.0 Å². The minimum absolute atomic E-state index is 0.102. The average molecular weight is 345 g/mol. The van der Waals surface area contributed by atoms with E-state index in [4.69, 9.17) is 11.6 Å². The minimum Gasteiger partial charge on any atom is -0.299 e. The van der Waals surface area contributed by atoms with Crippen molar-refractivity contribution in [3.63, 3.8) is 0 Å². The highest BCUT2D eigenvalue weighted by Crippen LogP contribution is 2.47. The summed E-state index contributed by atoms with van der Waals surface area (Å²) in [6.45, 7) is 4.14. The molecule has 2 aliphatic rings. The molecule has 0 radical (unpaired) electrons. The molecule has 2 atom stereocenters. The van der Waals surface area contributed by atoms with Gasteiger partial charge in [0.25, 0.3) is 0 Å². The largest absolute Gasteiger partial charge is 0.299 e. The lowest BCUT2D eigenvalue weighted by atomic mass is 9.64. The smallest absolute Gasteiger partial charge is 0.143 e. The summed E-state index contributed by atoms with van der Waals surface area (Å²) in [7, 11) is 0. The van der Waals surface area contributed by atoms with Crippen molar-refractivity contribution in [2.24, 2.45) is 16.3 Å². The topological polar surface area (TPSA) is 53.2 Å². The van der Waals surface area contributed by atoms with Crippen LogP contribution >= 0.6 is 24.2 Å². The summed E-state index contributed by atoms with van der Waals surface area (Å²) in [4.78, 5) is 17.3. The van der Waals surface area contributed by atoms with Crippen LogP contribution in [0.1, 0.15) is 38.2 Å². The highest BCUT2D eigenvalue weighted by Gasteiger charge is 2.46. The molecule has 1 fully saturated rings. The first kappa shape index (κ1) is 16.3. The van der Waals surface area contributed by atoms with Crippen LogP contribution in [0.5, 0.6) is 0 Å². The van der Waals surface area contributed by atoms with Crippen LogP contribution in [0.25, 0.3) is 0 Å². The van der Waals surface area contributed by atoms with Crippen molar-refractivity contribution in [2.75, 3.05) is 0 Å². The Balaban J connectivity index is 2.14. The number of aliphatic imine (C=N–C) groups is 1. The Morgan fingerprint density at radius 3 is 2.52 bits per heavy atom. The fourth-order valence-corrected chi connectivity index (χ4v) is 4.01. The van der Waals surface area contributed by atoms with Gasteiger partial charge >= 0.3 is 0 Å². The van der Waals surface area contributed by atoms with Gasteiger partial charge in [0.05, 0.1) is 17.6 Å². The number of carbonyl (C=O) groups excluding carboxylic acids is 1. The summed E-state index contributed by atoms with van der Waals surface area (Å²) in [5, 5.41) is 10.6. The number of fused-ring (bicyclic) bond motifs is 1. The molecule has 0 spiro atoms. The molecular formula is C18H17ClN2OS. The van der Waals surface area contributed by atoms with Crippen molar-refractivity contribution in [1.82, 2.24) is 0 Å². The molecule has 0 amide bonds. The second kappa shape index (κ2) is 5.81. The zero-order valence-corrected chi connectivity index (χ0v) is 14.7. The molecule has 1 aliphatic heterocycles. The van der Waals surface area contributed by atoms with E-state index in [0.717, 1.165) is 17.7 Å². The van der Waals surface area contributed by atoms with Gasteiger partial charge in [-0.15, -0.1) is 12.6 Å². The number of thiol groups is 1. The van der Waals surface area contributed by atoms with Crippen LogP contribution in [0, 0.1) is 22.7 Å². The van der Waals surface area contributed by atoms with E-state index < -0.39 is 0 Å². The van der Waals surface area contributed by atoms with Crippen molar-refractivity contribution in [2.45, 2.75) is 32.6 Å². The molecule has 1 unspecified atom stereocenters. The van der Waals surface area contributed by atoms with Crippen LogP contribution < -0.4 is 0 Å². The second-order valence-electron chi connectivity index (χ2n) is 6.94. The second-order valence-corrected chi connectivity index (χ2v) is 7.80. The number of nitrogens with zero attached hydrogens (tertiary/aromatic N) is 2. The van der Waals surface area contributed by atoms with E-state index in [1.54, 1.807) is 12.1 Å². The third-order valence-corrected chi connectivity index (χ3v) is 5.10. The predicted octanol–water partition coefficient (Wildman–Crippen LogP) is 4.55. The molecule has 0 bridgehead atoms. The van der Waals surface area contributed by atoms with Gasteiger partial charge in [0.2, 0.25) is 0 Å². The highest BCUT2D eigenvalue weighted by molar-refractivity contribution is 7.84. The summed E-state index contributed by atoms with van der Waals surface area (Å²) in [6, 6.07) is 9.52. The Kier molecular flexibility index (Phi) is 4.12. The number of hydrogen-bond donors (Lipinski definition) is 1. The summed E-state index contributed by atoms with van der Waals surface area (Å²) in [6.07, 6.45) is 1.25. The van der Waals surface area contributed by atoms with Gasteiger partial charge in [0, 0.05) is 23.1 Å². The predicted molar refractivity (Wildman–Crippen MR) is 94.8 cm³/mol. The first-order chi connectivity index (χ1) is 10.8. The molecule has 3 nitrogen and oxygen atoms in total. The lowest BCUT2D eigenvalue weighted by Gasteiger charge is -2.40. The third-order valence-electron chi connectivity index (χ3n) is 4.50. The molecule has 1 heterocycles. The number of hydrogen-bond acceptors (Lipinski definition) is 4. The SMILES string of the molecule is CC1(C)CC(=O)C2C(=NC(S)=C(C#N)[C@@H]2c2ccc(Cl)cc2)C1. The monoisotopic (exact) mass is 344 g/mol. The lowest BCUT2D eigenvalue weighted by Crippen LogP contribution is -2.42. The van der Waals surface area contributed by atoms with Gasteiger partial charge in [-0.3, -0.25) is 4.79 Å². The summed E-state index contributed by atoms with van der Waals surface area (Å²) in [5.41, 5.74) is 2.10. The number of Topliss-reactive ketones (excluding diaryl/α,β-unsaturated/α-hetero) is 1. The first-order valence-corrected chi connectivity index (χ1v) is 8.34. The molecule has 1 aliphatic carbocycles. The fourth-order valence-electron chi connectivity index (χ4n) is 3.57. The van der Waals surface area contributed by atoms with Gasteiger partial charge in [-0.1, -0.05) is 37.6 Å². The number of carbonyl (C=O) groups is 1. The van der Waals surface area contributed by atoms with Crippen LogP contribution in [0.2, 0.25) is 5.02 Å². The Morgan fingerprint density at radius 2 is 1.91 bits per heavy atom. The number of benzene rings is 1. The van der Waals surface area contributed by atoms with Crippen molar-refractivity contribution in [3.8, 4) is 6.07 Å². The normalized spacial score (nSPS) is 26.4. The Labute approximate surface area is 146 Å². The van der Waals surface area contributed by atoms with E-state index in [0.29, 0.717) is 22.0 Å². The number of ketones is 1. The Hall–Kier alpha value is -1.57. The van der Waals surface area contributed by atoms with Gasteiger partial charge in [0.15, 0.2) is 0 Å². The molecule has 0 N–H and O–H groups in total. The van der Waals surface area contributed by atoms with Gasteiger partial charge in [-0.25, -0.2) is 4.99 Å². The number of rotatable bonds is 1. The van der Waals surface area contributed by atoms with Crippen molar-refractivity contribution >= 4 is 35.7 Å². The van der Waals surface area contributed by atoms with Gasteiger partial charge in [0.1, 0.15) is 10.8 Å². The molecule has 5 heteroatoms. The van der Waals surface area contributed by atoms with Crippen LogP contribution in [0.3, 0.4) is 0 Å². The van der Waals surface area contributed by atoms with Crippen LogP contribution in [0.4, 0.5) is 0 Å². The fraction of sp³-hybridized carbons (Fsp3) is 0.389. The van der Waals surface area contributed by atoms with E-state index in [2.05, 4.69) is 37.5 Å². The molecule has 1 saturated carbocycles. The Morgan fingerprint density at radius 1 is 1.26 bits per heavy atom. The maximum absolute atomic E-state index is 12.8. The molecule has 23 heavy (non-hydrogen) atoms. The third kappa shape index (κ3) is 2.96. The van der Waals surface area contributed by atoms with E-state index in [1.807, 2.05) is 12.1 Å². The van der Waals surface area contributed by atoms with Crippen molar-refractivity contribution < 1.29 is 4.79 Å². The van der Waals surface area contributed by atoms with E-state index in [9.17, 15) is 10.1 Å². The zero-order chi connectivity index (χ0) is 16.8. The van der Waals surface area contributed by atoms with Crippen LogP contribution in [-0.2, 0) is 4.79 Å². The molecular weight excluding hydrogens is 328 g/mol. The molecule has 3 rings (SSSR count). The van der Waals surface area contributed by atoms with E-state index >= 15 is 0 Å². The van der Waals surface area contributed by atoms with Gasteiger partial charge in [-0.2, -0.15) is 5.26 Å². The molecule has 0 aromatic heterocycles. The highest BCUT2D eigenvalue weighted by atomic mass is 35.5. The van der Waals surface area contributed by atoms with Crippen molar-refractivity contribution in [1.29, 1.82) is 5.26 Å². The van der Waals surface area contributed by atoms with E-state index in [1.165, 1.54) is 0 Å².